The van der Waals surface area contributed by atoms with Crippen LogP contribution in [-0.2, 0) is 0 Å². The third kappa shape index (κ3) is 2.70. The predicted octanol–water partition coefficient (Wildman–Crippen LogP) is 3.78. The molecule has 82 valence electrons. The van der Waals surface area contributed by atoms with E-state index in [1.165, 1.54) is 0 Å². The summed E-state index contributed by atoms with van der Waals surface area (Å²) >= 11 is 7.48. The molecule has 3 N–H and O–H groups in total. The fraction of sp³-hybridized carbons (Fsp3) is 0. The highest BCUT2D eigenvalue weighted by Crippen LogP contribution is 2.33. The van der Waals surface area contributed by atoms with Crippen LogP contribution < -0.4 is 11.3 Å². The van der Waals surface area contributed by atoms with E-state index in [0.717, 1.165) is 20.5 Å². The number of para-hydroxylation sites is 1. The van der Waals surface area contributed by atoms with Crippen LogP contribution in [0.1, 0.15) is 0 Å². The molecule has 2 nitrogen and oxygen atoms in total. The summed E-state index contributed by atoms with van der Waals surface area (Å²) in [5.74, 6) is 5.44. The Morgan fingerprint density at radius 3 is 2.38 bits per heavy atom. The van der Waals surface area contributed by atoms with Crippen molar-refractivity contribution >= 4 is 29.1 Å². The van der Waals surface area contributed by atoms with Gasteiger partial charge in [0.1, 0.15) is 0 Å². The van der Waals surface area contributed by atoms with Crippen LogP contribution in [0.15, 0.2) is 58.3 Å². The van der Waals surface area contributed by atoms with E-state index in [9.17, 15) is 0 Å². The molecule has 0 aliphatic carbocycles. The summed E-state index contributed by atoms with van der Waals surface area (Å²) in [6.45, 7) is 0. The minimum Gasteiger partial charge on any atom is -0.323 e. The summed E-state index contributed by atoms with van der Waals surface area (Å²) in [7, 11) is 0. The smallest absolute Gasteiger partial charge is 0.0624 e. The summed E-state index contributed by atoms with van der Waals surface area (Å²) in [6, 6.07) is 15.6. The molecule has 0 aromatic heterocycles. The lowest BCUT2D eigenvalue weighted by Gasteiger charge is -2.07. The lowest BCUT2D eigenvalue weighted by atomic mass is 10.3. The molecule has 0 unspecified atom stereocenters. The van der Waals surface area contributed by atoms with Crippen molar-refractivity contribution in [1.82, 2.24) is 0 Å². The van der Waals surface area contributed by atoms with Crippen LogP contribution in [0.2, 0.25) is 5.02 Å². The van der Waals surface area contributed by atoms with Gasteiger partial charge in [-0.1, -0.05) is 35.5 Å². The molecular weight excluding hydrogens is 240 g/mol. The lowest BCUT2D eigenvalue weighted by Crippen LogP contribution is -2.07. The second kappa shape index (κ2) is 5.25. The first-order valence-electron chi connectivity index (χ1n) is 4.78. The maximum Gasteiger partial charge on any atom is 0.0624 e. The van der Waals surface area contributed by atoms with Crippen molar-refractivity contribution in [2.75, 3.05) is 5.43 Å². The molecule has 2 rings (SSSR count). The van der Waals surface area contributed by atoms with Gasteiger partial charge in [-0.15, -0.1) is 0 Å². The molecular formula is C12H11ClN2S. The molecule has 0 saturated carbocycles. The van der Waals surface area contributed by atoms with Crippen LogP contribution in [0, 0.1) is 0 Å². The van der Waals surface area contributed by atoms with Crippen molar-refractivity contribution in [3.8, 4) is 0 Å². The highest BCUT2D eigenvalue weighted by Gasteiger charge is 2.02. The Hall–Kier alpha value is -1.16. The van der Waals surface area contributed by atoms with Gasteiger partial charge in [0, 0.05) is 14.8 Å². The lowest BCUT2D eigenvalue weighted by molar-refractivity contribution is 1.28. The van der Waals surface area contributed by atoms with E-state index in [-0.39, 0.29) is 0 Å². The van der Waals surface area contributed by atoms with Gasteiger partial charge in [0.15, 0.2) is 0 Å². The van der Waals surface area contributed by atoms with E-state index in [0.29, 0.717) is 0 Å². The van der Waals surface area contributed by atoms with Gasteiger partial charge in [-0.05, 0) is 36.4 Å². The number of halogens is 1. The van der Waals surface area contributed by atoms with Crippen molar-refractivity contribution in [2.45, 2.75) is 9.79 Å². The first kappa shape index (κ1) is 11.3. The second-order valence-corrected chi connectivity index (χ2v) is 4.75. The molecule has 0 heterocycles. The Kier molecular flexibility index (Phi) is 3.72. The van der Waals surface area contributed by atoms with E-state index in [1.807, 2.05) is 48.5 Å². The Balaban J connectivity index is 2.23. The highest BCUT2D eigenvalue weighted by atomic mass is 35.5. The molecule has 0 radical (unpaired) electrons. The number of nitrogens with one attached hydrogen (secondary N) is 1. The standard InChI is InChI=1S/C12H11ClN2S/c13-9-5-7-10(8-6-9)16-12-4-2-1-3-11(12)15-14/h1-8,15H,14H2. The zero-order valence-electron chi connectivity index (χ0n) is 8.48. The van der Waals surface area contributed by atoms with E-state index >= 15 is 0 Å². The molecule has 0 spiro atoms. The summed E-state index contributed by atoms with van der Waals surface area (Å²) in [6.07, 6.45) is 0. The Bertz CT molecular complexity index is 471. The fourth-order valence-electron chi connectivity index (χ4n) is 1.30. The van der Waals surface area contributed by atoms with Crippen molar-refractivity contribution in [1.29, 1.82) is 0 Å². The Morgan fingerprint density at radius 1 is 1.00 bits per heavy atom. The Labute approximate surface area is 104 Å². The van der Waals surface area contributed by atoms with E-state index in [1.54, 1.807) is 11.8 Å². The molecule has 0 aliphatic heterocycles. The number of hydrogen-bond acceptors (Lipinski definition) is 3. The topological polar surface area (TPSA) is 38.0 Å². The number of nitrogen functional groups attached to an aromatic ring is 1. The zero-order valence-corrected chi connectivity index (χ0v) is 10.1. The second-order valence-electron chi connectivity index (χ2n) is 3.20. The Morgan fingerprint density at radius 2 is 1.69 bits per heavy atom. The van der Waals surface area contributed by atoms with Gasteiger partial charge in [-0.3, -0.25) is 5.84 Å². The fourth-order valence-corrected chi connectivity index (χ4v) is 2.34. The van der Waals surface area contributed by atoms with Crippen LogP contribution in [-0.4, -0.2) is 0 Å². The van der Waals surface area contributed by atoms with E-state index < -0.39 is 0 Å². The molecule has 2 aromatic carbocycles. The van der Waals surface area contributed by atoms with Crippen LogP contribution in [0.25, 0.3) is 0 Å². The normalized spacial score (nSPS) is 10.1. The van der Waals surface area contributed by atoms with Crippen molar-refractivity contribution < 1.29 is 0 Å². The summed E-state index contributed by atoms with van der Waals surface area (Å²) < 4.78 is 0. The van der Waals surface area contributed by atoms with Crippen LogP contribution in [0.5, 0.6) is 0 Å². The number of nitrogens with two attached hydrogens (primary N) is 1. The number of hydrazine groups is 1. The molecule has 2 aromatic rings. The number of anilines is 1. The average molecular weight is 251 g/mol. The molecule has 0 atom stereocenters. The number of benzene rings is 2. The largest absolute Gasteiger partial charge is 0.323 e. The SMILES string of the molecule is NNc1ccccc1Sc1ccc(Cl)cc1. The maximum absolute atomic E-state index is 5.83. The van der Waals surface area contributed by atoms with Crippen LogP contribution >= 0.6 is 23.4 Å². The van der Waals surface area contributed by atoms with Gasteiger partial charge in [-0.25, -0.2) is 0 Å². The van der Waals surface area contributed by atoms with Crippen LogP contribution in [0.3, 0.4) is 0 Å². The molecule has 4 heteroatoms. The van der Waals surface area contributed by atoms with Gasteiger partial charge in [-0.2, -0.15) is 0 Å². The zero-order chi connectivity index (χ0) is 11.4. The maximum atomic E-state index is 5.83. The van der Waals surface area contributed by atoms with Crippen molar-refractivity contribution in [3.05, 3.63) is 53.6 Å². The van der Waals surface area contributed by atoms with Gasteiger partial charge in [0.2, 0.25) is 0 Å². The van der Waals surface area contributed by atoms with E-state index in [2.05, 4.69) is 5.43 Å². The third-order valence-electron chi connectivity index (χ3n) is 2.08. The predicted molar refractivity (Wildman–Crippen MR) is 69.8 cm³/mol. The molecule has 0 saturated heterocycles. The summed E-state index contributed by atoms with van der Waals surface area (Å²) in [4.78, 5) is 2.22. The van der Waals surface area contributed by atoms with Gasteiger partial charge < -0.3 is 5.43 Å². The molecule has 0 amide bonds. The highest BCUT2D eigenvalue weighted by molar-refractivity contribution is 7.99. The first-order chi connectivity index (χ1) is 7.79. The monoisotopic (exact) mass is 250 g/mol. The van der Waals surface area contributed by atoms with Crippen molar-refractivity contribution in [2.24, 2.45) is 5.84 Å². The van der Waals surface area contributed by atoms with Crippen LogP contribution in [0.4, 0.5) is 5.69 Å². The molecule has 0 aliphatic rings. The first-order valence-corrected chi connectivity index (χ1v) is 5.98. The van der Waals surface area contributed by atoms with Crippen molar-refractivity contribution in [3.63, 3.8) is 0 Å². The van der Waals surface area contributed by atoms with E-state index in [4.69, 9.17) is 17.4 Å². The minimum absolute atomic E-state index is 0.745. The van der Waals surface area contributed by atoms with Gasteiger partial charge in [0.05, 0.1) is 5.69 Å². The van der Waals surface area contributed by atoms with Gasteiger partial charge in [0.25, 0.3) is 0 Å². The molecule has 16 heavy (non-hydrogen) atoms. The quantitative estimate of drug-likeness (QED) is 0.643. The average Bonchev–Trinajstić information content (AvgIpc) is 2.33. The molecule has 0 fully saturated rings. The summed E-state index contributed by atoms with van der Waals surface area (Å²) in [5, 5.41) is 0.745. The van der Waals surface area contributed by atoms with Gasteiger partial charge >= 0.3 is 0 Å². The third-order valence-corrected chi connectivity index (χ3v) is 3.42. The number of rotatable bonds is 3. The molecule has 0 bridgehead atoms. The summed E-state index contributed by atoms with van der Waals surface area (Å²) in [5.41, 5.74) is 3.60. The minimum atomic E-state index is 0.745. The number of hydrogen-bond donors (Lipinski definition) is 2.